The largest absolute Gasteiger partial charge is 0.509 e. The van der Waals surface area contributed by atoms with Crippen molar-refractivity contribution in [1.29, 1.82) is 0 Å². The molecule has 6 aromatic rings. The van der Waals surface area contributed by atoms with Gasteiger partial charge in [-0.3, -0.25) is 4.68 Å². The fourth-order valence-corrected chi connectivity index (χ4v) is 4.25. The van der Waals surface area contributed by atoms with Crippen molar-refractivity contribution in [2.45, 2.75) is 6.42 Å². The summed E-state index contributed by atoms with van der Waals surface area (Å²) in [4.78, 5) is 0. The van der Waals surface area contributed by atoms with Gasteiger partial charge in [0.2, 0.25) is 0 Å². The van der Waals surface area contributed by atoms with Crippen LogP contribution in [-0.2, 0) is 27.5 Å². The van der Waals surface area contributed by atoms with Crippen molar-refractivity contribution in [2.24, 2.45) is 0 Å². The van der Waals surface area contributed by atoms with Gasteiger partial charge in [0.25, 0.3) is 0 Å². The third-order valence-electron chi connectivity index (χ3n) is 6.11. The van der Waals surface area contributed by atoms with Crippen molar-refractivity contribution in [3.05, 3.63) is 157 Å². The van der Waals surface area contributed by atoms with Crippen LogP contribution in [-0.4, -0.2) is 9.78 Å². The zero-order valence-corrected chi connectivity index (χ0v) is 22.7. The smallest absolute Gasteiger partial charge is 0.0571 e. The molecule has 0 N–H and O–H groups in total. The SMILES string of the molecule is [Pt].[c-]1ccccc1Oc1[c-]c(Cc2[c-]c(-n3cc(-c4ccc(-c5ccccc5)cc4)cn3)ccc2)ccc1. The molecule has 0 radical (unpaired) electrons. The van der Waals surface area contributed by atoms with E-state index in [1.807, 2.05) is 77.7 Å². The Morgan fingerprint density at radius 3 is 2.03 bits per heavy atom. The summed E-state index contributed by atoms with van der Waals surface area (Å²) in [5, 5.41) is 4.61. The van der Waals surface area contributed by atoms with Crippen molar-refractivity contribution >= 4 is 0 Å². The number of para-hydroxylation sites is 1. The number of rotatable bonds is 7. The predicted octanol–water partition coefficient (Wildman–Crippen LogP) is 7.99. The molecule has 3 nitrogen and oxygen atoms in total. The Balaban J connectivity index is 0.00000294. The minimum atomic E-state index is 0. The molecule has 0 aliphatic carbocycles. The Labute approximate surface area is 237 Å². The monoisotopic (exact) mass is 670 g/mol. The third-order valence-corrected chi connectivity index (χ3v) is 6.11. The van der Waals surface area contributed by atoms with Gasteiger partial charge in [-0.25, -0.2) is 0 Å². The normalized spacial score (nSPS) is 10.5. The molecule has 188 valence electrons. The summed E-state index contributed by atoms with van der Waals surface area (Å²) in [6.07, 6.45) is 4.63. The van der Waals surface area contributed by atoms with E-state index in [1.165, 1.54) is 11.1 Å². The molecule has 38 heavy (non-hydrogen) atoms. The van der Waals surface area contributed by atoms with Crippen molar-refractivity contribution in [3.63, 3.8) is 0 Å². The molecular weight excluding hydrogens is 647 g/mol. The number of nitrogens with zero attached hydrogens (tertiary/aromatic N) is 2. The second-order valence-electron chi connectivity index (χ2n) is 8.72. The number of benzene rings is 5. The fourth-order valence-electron chi connectivity index (χ4n) is 4.25. The first kappa shape index (κ1) is 25.4. The zero-order chi connectivity index (χ0) is 24.9. The molecule has 0 fully saturated rings. The van der Waals surface area contributed by atoms with Gasteiger partial charge >= 0.3 is 0 Å². The maximum Gasteiger partial charge on any atom is 0.0571 e. The Morgan fingerprint density at radius 2 is 1.26 bits per heavy atom. The van der Waals surface area contributed by atoms with Crippen LogP contribution >= 0.6 is 0 Å². The number of hydrogen-bond acceptors (Lipinski definition) is 2. The number of hydrogen-bond donors (Lipinski definition) is 0. The molecule has 0 bridgehead atoms. The van der Waals surface area contributed by atoms with Gasteiger partial charge in [0.15, 0.2) is 0 Å². The first-order valence-electron chi connectivity index (χ1n) is 12.2. The van der Waals surface area contributed by atoms with Crippen LogP contribution in [0.2, 0.25) is 0 Å². The predicted molar refractivity (Wildman–Crippen MR) is 147 cm³/mol. The van der Waals surface area contributed by atoms with Crippen LogP contribution < -0.4 is 4.74 Å². The van der Waals surface area contributed by atoms with Crippen LogP contribution in [0.1, 0.15) is 11.1 Å². The maximum absolute atomic E-state index is 5.89. The Morgan fingerprint density at radius 1 is 0.605 bits per heavy atom. The maximum atomic E-state index is 5.89. The number of aromatic nitrogens is 2. The molecule has 0 aliphatic rings. The summed E-state index contributed by atoms with van der Waals surface area (Å²) in [6.45, 7) is 0. The van der Waals surface area contributed by atoms with E-state index in [0.29, 0.717) is 17.9 Å². The minimum Gasteiger partial charge on any atom is -0.509 e. The molecular formula is C34H23N2OPt-3. The summed E-state index contributed by atoms with van der Waals surface area (Å²) in [6, 6.07) is 48.6. The second-order valence-corrected chi connectivity index (χ2v) is 8.72. The molecule has 1 aromatic heterocycles. The Bertz CT molecular complexity index is 1610. The van der Waals surface area contributed by atoms with Gasteiger partial charge in [0, 0.05) is 44.3 Å². The standard InChI is InChI=1S/C34H23N2O.Pt/c1-3-11-28(12-4-1)29-17-19-30(20-18-29)31-24-35-36(25-31)32-13-7-9-26(22-32)21-27-10-8-16-34(23-27)37-33-14-5-2-6-15-33;/h1-14,16-20,24-25H,21H2;/q-3;. The van der Waals surface area contributed by atoms with Crippen LogP contribution in [0.3, 0.4) is 0 Å². The molecule has 0 amide bonds. The summed E-state index contributed by atoms with van der Waals surface area (Å²) in [7, 11) is 0. The third kappa shape index (κ3) is 6.02. The Kier molecular flexibility index (Phi) is 7.97. The molecule has 0 saturated carbocycles. The van der Waals surface area contributed by atoms with E-state index in [4.69, 9.17) is 4.74 Å². The average Bonchev–Trinajstić information content (AvgIpc) is 3.45. The van der Waals surface area contributed by atoms with Crippen molar-refractivity contribution in [3.8, 4) is 39.4 Å². The molecule has 0 spiro atoms. The molecule has 4 heteroatoms. The molecule has 0 aliphatic heterocycles. The van der Waals surface area contributed by atoms with Crippen LogP contribution in [0.5, 0.6) is 11.5 Å². The minimum absolute atomic E-state index is 0. The molecule has 1 heterocycles. The van der Waals surface area contributed by atoms with Gasteiger partial charge in [-0.15, -0.1) is 30.3 Å². The first-order valence-corrected chi connectivity index (χ1v) is 12.2. The zero-order valence-electron chi connectivity index (χ0n) is 20.5. The van der Waals surface area contributed by atoms with Crippen LogP contribution in [0.25, 0.3) is 27.9 Å². The van der Waals surface area contributed by atoms with E-state index in [2.05, 4.69) is 77.9 Å². The average molecular weight is 671 g/mol. The molecule has 0 atom stereocenters. The summed E-state index contributed by atoms with van der Waals surface area (Å²) >= 11 is 0. The molecule has 6 rings (SSSR count). The van der Waals surface area contributed by atoms with Crippen molar-refractivity contribution in [1.82, 2.24) is 9.78 Å². The van der Waals surface area contributed by atoms with Gasteiger partial charge in [-0.05, 0) is 28.8 Å². The van der Waals surface area contributed by atoms with Crippen LogP contribution in [0, 0.1) is 18.2 Å². The van der Waals surface area contributed by atoms with E-state index in [1.54, 1.807) is 0 Å². The topological polar surface area (TPSA) is 27.1 Å². The first-order chi connectivity index (χ1) is 18.3. The van der Waals surface area contributed by atoms with Crippen LogP contribution in [0.15, 0.2) is 128 Å². The van der Waals surface area contributed by atoms with Gasteiger partial charge in [0.1, 0.15) is 0 Å². The van der Waals surface area contributed by atoms with E-state index in [9.17, 15) is 0 Å². The quantitative estimate of drug-likeness (QED) is 0.161. The van der Waals surface area contributed by atoms with Gasteiger partial charge in [0.05, 0.1) is 6.20 Å². The molecule has 0 unspecified atom stereocenters. The van der Waals surface area contributed by atoms with Gasteiger partial charge in [-0.2, -0.15) is 64.8 Å². The summed E-state index contributed by atoms with van der Waals surface area (Å²) in [5.41, 5.74) is 7.59. The second kappa shape index (κ2) is 11.9. The van der Waals surface area contributed by atoms with Gasteiger partial charge < -0.3 is 4.74 Å². The van der Waals surface area contributed by atoms with E-state index >= 15 is 0 Å². The fraction of sp³-hybridized carbons (Fsp3) is 0.0294. The van der Waals surface area contributed by atoms with Crippen LogP contribution in [0.4, 0.5) is 0 Å². The molecule has 5 aromatic carbocycles. The van der Waals surface area contributed by atoms with E-state index in [0.717, 1.165) is 27.9 Å². The van der Waals surface area contributed by atoms with Crippen molar-refractivity contribution in [2.75, 3.05) is 0 Å². The summed E-state index contributed by atoms with van der Waals surface area (Å²) in [5.74, 6) is 1.35. The summed E-state index contributed by atoms with van der Waals surface area (Å²) < 4.78 is 7.77. The van der Waals surface area contributed by atoms with E-state index < -0.39 is 0 Å². The Hall–Kier alpha value is -4.20. The van der Waals surface area contributed by atoms with Gasteiger partial charge in [-0.1, -0.05) is 54.6 Å². The van der Waals surface area contributed by atoms with Crippen molar-refractivity contribution < 1.29 is 25.8 Å². The number of ether oxygens (including phenoxy) is 1. The van der Waals surface area contributed by atoms with E-state index in [-0.39, 0.29) is 21.1 Å². The molecule has 0 saturated heterocycles.